The fourth-order valence-electron chi connectivity index (χ4n) is 3.11. The molecule has 1 unspecified atom stereocenters. The molecule has 0 spiro atoms. The van der Waals surface area contributed by atoms with Gasteiger partial charge in [0.15, 0.2) is 0 Å². The van der Waals surface area contributed by atoms with Crippen LogP contribution >= 0.6 is 11.8 Å². The smallest absolute Gasteiger partial charge is 0.251 e. The highest BCUT2D eigenvalue weighted by atomic mass is 32.2. The summed E-state index contributed by atoms with van der Waals surface area (Å²) in [5.74, 6) is 1.38. The first-order chi connectivity index (χ1) is 13.6. The second-order valence-corrected chi connectivity index (χ2v) is 8.41. The molecule has 144 valence electrons. The van der Waals surface area contributed by atoms with Crippen molar-refractivity contribution in [3.05, 3.63) is 102 Å². The summed E-state index contributed by atoms with van der Waals surface area (Å²) in [4.78, 5) is 14.0. The normalized spacial score (nSPS) is 12.0. The van der Waals surface area contributed by atoms with Gasteiger partial charge in [-0.1, -0.05) is 74.5 Å². The van der Waals surface area contributed by atoms with Crippen LogP contribution in [0.15, 0.2) is 89.8 Å². The van der Waals surface area contributed by atoms with Crippen LogP contribution in [-0.4, -0.2) is 5.91 Å². The number of benzene rings is 3. The molecule has 1 amide bonds. The monoisotopic (exact) mass is 389 g/mol. The van der Waals surface area contributed by atoms with Crippen LogP contribution < -0.4 is 5.32 Å². The van der Waals surface area contributed by atoms with Crippen LogP contribution in [0.3, 0.4) is 0 Å². The Hall–Kier alpha value is -2.52. The van der Waals surface area contributed by atoms with E-state index < -0.39 is 0 Å². The van der Waals surface area contributed by atoms with Crippen LogP contribution in [0.5, 0.6) is 0 Å². The molecule has 0 aliphatic rings. The second-order valence-electron chi connectivity index (χ2n) is 7.36. The Morgan fingerprint density at radius 2 is 1.46 bits per heavy atom. The molecule has 1 atom stereocenters. The Labute approximate surface area is 172 Å². The molecule has 0 aliphatic heterocycles. The summed E-state index contributed by atoms with van der Waals surface area (Å²) < 4.78 is 0. The van der Waals surface area contributed by atoms with Gasteiger partial charge in [-0.15, -0.1) is 11.8 Å². The largest absolute Gasteiger partial charge is 0.345 e. The number of amides is 1. The third-order valence-electron chi connectivity index (χ3n) is 4.58. The molecule has 3 aromatic carbocycles. The Morgan fingerprint density at radius 1 is 0.857 bits per heavy atom. The molecule has 3 rings (SSSR count). The fourth-order valence-corrected chi connectivity index (χ4v) is 3.99. The third kappa shape index (κ3) is 6.00. The average molecular weight is 390 g/mol. The summed E-state index contributed by atoms with van der Waals surface area (Å²) in [5.41, 5.74) is 3.07. The maximum absolute atomic E-state index is 12.8. The molecule has 0 saturated carbocycles. The van der Waals surface area contributed by atoms with Crippen molar-refractivity contribution in [3.8, 4) is 0 Å². The van der Waals surface area contributed by atoms with E-state index in [1.54, 1.807) is 11.8 Å². The first-order valence-corrected chi connectivity index (χ1v) is 10.7. The van der Waals surface area contributed by atoms with Gasteiger partial charge in [-0.05, 0) is 47.7 Å². The lowest BCUT2D eigenvalue weighted by atomic mass is 9.96. The van der Waals surface area contributed by atoms with E-state index in [2.05, 4.69) is 55.6 Å². The van der Waals surface area contributed by atoms with Gasteiger partial charge in [0.05, 0.1) is 6.04 Å². The van der Waals surface area contributed by atoms with E-state index in [9.17, 15) is 4.79 Å². The van der Waals surface area contributed by atoms with E-state index in [0.29, 0.717) is 11.5 Å². The maximum Gasteiger partial charge on any atom is 0.251 e. The van der Waals surface area contributed by atoms with Crippen molar-refractivity contribution < 1.29 is 4.79 Å². The van der Waals surface area contributed by atoms with Gasteiger partial charge in [-0.25, -0.2) is 0 Å². The molecule has 0 fully saturated rings. The summed E-state index contributed by atoms with van der Waals surface area (Å²) in [6.07, 6.45) is 0.918. The van der Waals surface area contributed by atoms with Crippen molar-refractivity contribution in [1.29, 1.82) is 0 Å². The maximum atomic E-state index is 12.8. The Morgan fingerprint density at radius 3 is 2.07 bits per heavy atom. The van der Waals surface area contributed by atoms with Crippen molar-refractivity contribution in [1.82, 2.24) is 5.32 Å². The van der Waals surface area contributed by atoms with Crippen molar-refractivity contribution in [2.24, 2.45) is 5.92 Å². The van der Waals surface area contributed by atoms with Crippen LogP contribution in [0.25, 0.3) is 0 Å². The SMILES string of the molecule is CC(C)CC(NC(=O)c1ccc(CSc2ccccc2)cc1)c1ccccc1. The van der Waals surface area contributed by atoms with Crippen molar-refractivity contribution in [3.63, 3.8) is 0 Å². The molecular weight excluding hydrogens is 362 g/mol. The molecule has 0 aliphatic carbocycles. The number of nitrogens with one attached hydrogen (secondary N) is 1. The lowest BCUT2D eigenvalue weighted by Gasteiger charge is -2.21. The minimum atomic E-state index is -0.0169. The number of carbonyl (C=O) groups is 1. The van der Waals surface area contributed by atoms with E-state index in [0.717, 1.165) is 17.7 Å². The highest BCUT2D eigenvalue weighted by molar-refractivity contribution is 7.98. The van der Waals surface area contributed by atoms with Crippen LogP contribution in [0.2, 0.25) is 0 Å². The quantitative estimate of drug-likeness (QED) is 0.446. The van der Waals surface area contributed by atoms with E-state index in [1.807, 2.05) is 48.5 Å². The van der Waals surface area contributed by atoms with Gasteiger partial charge < -0.3 is 5.32 Å². The van der Waals surface area contributed by atoms with Gasteiger partial charge in [0, 0.05) is 16.2 Å². The molecular formula is C25H27NOS. The highest BCUT2D eigenvalue weighted by Crippen LogP contribution is 2.24. The number of hydrogen-bond donors (Lipinski definition) is 1. The van der Waals surface area contributed by atoms with Gasteiger partial charge in [-0.2, -0.15) is 0 Å². The van der Waals surface area contributed by atoms with Crippen LogP contribution in [0, 0.1) is 5.92 Å². The standard InChI is InChI=1S/C25H27NOS/c1-19(2)17-24(21-9-5-3-6-10-21)26-25(27)22-15-13-20(14-16-22)18-28-23-11-7-4-8-12-23/h3-16,19,24H,17-18H2,1-2H3,(H,26,27). The van der Waals surface area contributed by atoms with Crippen LogP contribution in [-0.2, 0) is 5.75 Å². The van der Waals surface area contributed by atoms with Crippen molar-refractivity contribution in [2.75, 3.05) is 0 Å². The molecule has 28 heavy (non-hydrogen) atoms. The zero-order chi connectivity index (χ0) is 19.8. The molecule has 0 saturated heterocycles. The lowest BCUT2D eigenvalue weighted by molar-refractivity contribution is 0.0932. The minimum Gasteiger partial charge on any atom is -0.345 e. The van der Waals surface area contributed by atoms with Gasteiger partial charge in [0.25, 0.3) is 5.91 Å². The Balaban J connectivity index is 1.62. The fraction of sp³-hybridized carbons (Fsp3) is 0.240. The number of carbonyl (C=O) groups excluding carboxylic acids is 1. The molecule has 1 N–H and O–H groups in total. The summed E-state index contributed by atoms with van der Waals surface area (Å²) in [7, 11) is 0. The van der Waals surface area contributed by atoms with Crippen LogP contribution in [0.4, 0.5) is 0 Å². The predicted molar refractivity (Wildman–Crippen MR) is 119 cm³/mol. The summed E-state index contributed by atoms with van der Waals surface area (Å²) in [5, 5.41) is 3.21. The van der Waals surface area contributed by atoms with E-state index >= 15 is 0 Å². The Bertz CT molecular complexity index is 860. The summed E-state index contributed by atoms with van der Waals surface area (Å²) in [6, 6.07) is 28.5. The lowest BCUT2D eigenvalue weighted by Crippen LogP contribution is -2.29. The van der Waals surface area contributed by atoms with Gasteiger partial charge in [-0.3, -0.25) is 4.79 Å². The van der Waals surface area contributed by atoms with Crippen LogP contribution in [0.1, 0.15) is 47.8 Å². The number of thioether (sulfide) groups is 1. The van der Waals surface area contributed by atoms with Gasteiger partial charge >= 0.3 is 0 Å². The summed E-state index contributed by atoms with van der Waals surface area (Å²) in [6.45, 7) is 4.36. The van der Waals surface area contributed by atoms with E-state index in [-0.39, 0.29) is 11.9 Å². The first kappa shape index (κ1) is 20.2. The second kappa shape index (κ2) is 10.1. The number of rotatable bonds is 8. The molecule has 0 bridgehead atoms. The molecule has 0 radical (unpaired) electrons. The van der Waals surface area contributed by atoms with E-state index in [4.69, 9.17) is 0 Å². The zero-order valence-electron chi connectivity index (χ0n) is 16.5. The predicted octanol–water partition coefficient (Wildman–Crippen LogP) is 6.50. The molecule has 3 aromatic rings. The minimum absolute atomic E-state index is 0.0169. The Kier molecular flexibility index (Phi) is 7.32. The third-order valence-corrected chi connectivity index (χ3v) is 5.66. The highest BCUT2D eigenvalue weighted by Gasteiger charge is 2.17. The van der Waals surface area contributed by atoms with Gasteiger partial charge in [0.2, 0.25) is 0 Å². The average Bonchev–Trinajstić information content (AvgIpc) is 2.73. The molecule has 3 heteroatoms. The first-order valence-electron chi connectivity index (χ1n) is 9.74. The van der Waals surface area contributed by atoms with Crippen molar-refractivity contribution in [2.45, 2.75) is 37.0 Å². The molecule has 2 nitrogen and oxygen atoms in total. The topological polar surface area (TPSA) is 29.1 Å². The molecule has 0 aromatic heterocycles. The van der Waals surface area contributed by atoms with Crippen molar-refractivity contribution >= 4 is 17.7 Å². The molecule has 0 heterocycles. The summed E-state index contributed by atoms with van der Waals surface area (Å²) >= 11 is 1.80. The van der Waals surface area contributed by atoms with E-state index in [1.165, 1.54) is 10.5 Å². The zero-order valence-corrected chi connectivity index (χ0v) is 17.3. The van der Waals surface area contributed by atoms with Gasteiger partial charge in [0.1, 0.15) is 0 Å². The number of hydrogen-bond acceptors (Lipinski definition) is 2.